The number of pyridine rings is 1. The summed E-state index contributed by atoms with van der Waals surface area (Å²) >= 11 is 0. The van der Waals surface area contributed by atoms with Crippen LogP contribution < -0.4 is 0 Å². The summed E-state index contributed by atoms with van der Waals surface area (Å²) in [6.45, 7) is 0. The second kappa shape index (κ2) is 6.06. The van der Waals surface area contributed by atoms with E-state index < -0.39 is 16.4 Å². The van der Waals surface area contributed by atoms with Crippen molar-refractivity contribution < 1.29 is 28.9 Å². The highest BCUT2D eigenvalue weighted by atomic mass is 32.3. The predicted octanol–water partition coefficient (Wildman–Crippen LogP) is -0.174. The monoisotopic (exact) mass is 235 g/mol. The van der Waals surface area contributed by atoms with Crippen molar-refractivity contribution in [2.75, 3.05) is 0 Å². The maximum absolute atomic E-state index is 10.1. The first kappa shape index (κ1) is 13.5. The molecule has 0 atom stereocenters. The molecular formula is C7H9NO6S. The fraction of sp³-hybridized carbons (Fsp3) is 0.143. The molecule has 0 aromatic carbocycles. The van der Waals surface area contributed by atoms with Crippen molar-refractivity contribution in [2.45, 2.75) is 6.42 Å². The van der Waals surface area contributed by atoms with Gasteiger partial charge in [0, 0.05) is 12.4 Å². The molecule has 0 amide bonds. The van der Waals surface area contributed by atoms with E-state index in [1.807, 2.05) is 0 Å². The van der Waals surface area contributed by atoms with E-state index in [1.165, 1.54) is 0 Å². The van der Waals surface area contributed by atoms with Crippen molar-refractivity contribution in [3.8, 4) is 0 Å². The van der Waals surface area contributed by atoms with Crippen molar-refractivity contribution in [3.63, 3.8) is 0 Å². The molecule has 0 saturated carbocycles. The van der Waals surface area contributed by atoms with Crippen molar-refractivity contribution >= 4 is 16.4 Å². The number of aromatic nitrogens is 1. The molecule has 0 aliphatic rings. The van der Waals surface area contributed by atoms with Crippen molar-refractivity contribution in [1.82, 2.24) is 4.98 Å². The molecule has 0 fully saturated rings. The zero-order valence-electron chi connectivity index (χ0n) is 8.40. The van der Waals surface area contributed by atoms with E-state index in [2.05, 4.69) is 4.98 Å². The summed E-state index contributed by atoms with van der Waals surface area (Å²) in [5, 5.41) is 8.34. The number of carboxylic acid groups (broad SMARTS) is 1. The number of nitrogens with zero attached hydrogens (tertiary/aromatic N) is 1. The molecule has 1 aromatic heterocycles. The number of hydrogen-bond donors (Lipinski definition) is 2. The summed E-state index contributed by atoms with van der Waals surface area (Å²) in [5.41, 5.74) is 0.731. The van der Waals surface area contributed by atoms with Gasteiger partial charge in [-0.25, -0.2) is 8.42 Å². The normalized spacial score (nSPS) is 10.0. The fourth-order valence-corrected chi connectivity index (χ4v) is 0.677. The van der Waals surface area contributed by atoms with Crippen LogP contribution in [0, 0.1) is 0 Å². The highest BCUT2D eigenvalue weighted by Gasteiger charge is 1.97. The molecule has 0 radical (unpaired) electrons. The van der Waals surface area contributed by atoms with Crippen LogP contribution in [0.15, 0.2) is 24.5 Å². The van der Waals surface area contributed by atoms with Gasteiger partial charge >= 0.3 is 7.40 Å². The van der Waals surface area contributed by atoms with Crippen molar-refractivity contribution in [2.24, 2.45) is 0 Å². The molecule has 1 aromatic rings. The van der Waals surface area contributed by atoms with Crippen LogP contribution in [-0.2, 0) is 21.6 Å². The number of aliphatic carboxylic acids is 1. The Balaban J connectivity index is 0. The zero-order chi connectivity index (χ0) is 11.9. The highest BCUT2D eigenvalue weighted by molar-refractivity contribution is 7.79. The Morgan fingerprint density at radius 1 is 1.60 bits per heavy atom. The molecule has 7 nitrogen and oxygen atoms in total. The molecule has 15 heavy (non-hydrogen) atoms. The van der Waals surface area contributed by atoms with Crippen molar-refractivity contribution in [1.29, 1.82) is 0 Å². The van der Waals surface area contributed by atoms with Crippen LogP contribution >= 0.6 is 0 Å². The molecule has 0 aliphatic heterocycles. The van der Waals surface area contributed by atoms with E-state index in [9.17, 15) is 4.79 Å². The topological polar surface area (TPSA) is 128 Å². The van der Waals surface area contributed by atoms with Crippen LogP contribution in [-0.4, -0.2) is 33.6 Å². The Hall–Kier alpha value is -1.51. The van der Waals surface area contributed by atoms with Crippen LogP contribution in [0.5, 0.6) is 0 Å². The maximum atomic E-state index is 10.1. The molecule has 8 heteroatoms. The summed E-state index contributed by atoms with van der Waals surface area (Å²) in [5.74, 6) is -0.826. The minimum absolute atomic E-state index is 0. The van der Waals surface area contributed by atoms with Gasteiger partial charge < -0.3 is 9.66 Å². The molecule has 84 valence electrons. The Kier molecular flexibility index (Phi) is 5.45. The quantitative estimate of drug-likeness (QED) is 0.537. The van der Waals surface area contributed by atoms with Gasteiger partial charge in [0.25, 0.3) is 0 Å². The Labute approximate surface area is 87.5 Å². The second-order valence-corrected chi connectivity index (χ2v) is 3.21. The summed E-state index contributed by atoms with van der Waals surface area (Å²) in [6, 6.07) is 3.46. The Bertz CT molecular complexity index is 398. The molecular weight excluding hydrogens is 226 g/mol. The van der Waals surface area contributed by atoms with Gasteiger partial charge in [-0.1, -0.05) is 6.07 Å². The second-order valence-electron chi connectivity index (χ2n) is 2.36. The van der Waals surface area contributed by atoms with Gasteiger partial charge in [0.1, 0.15) is 0 Å². The van der Waals surface area contributed by atoms with Gasteiger partial charge in [-0.15, -0.1) is 0 Å². The fourth-order valence-electron chi connectivity index (χ4n) is 0.677. The van der Waals surface area contributed by atoms with E-state index in [0.717, 1.165) is 5.56 Å². The van der Waals surface area contributed by atoms with E-state index in [-0.39, 0.29) is 7.85 Å². The van der Waals surface area contributed by atoms with Crippen LogP contribution in [0.3, 0.4) is 0 Å². The largest absolute Gasteiger partial charge is 1.00 e. The average Bonchev–Trinajstić information content (AvgIpc) is 2.01. The number of hydrogen-bond acceptors (Lipinski definition) is 5. The van der Waals surface area contributed by atoms with E-state index >= 15 is 0 Å². The third-order valence-corrected chi connectivity index (χ3v) is 1.08. The number of carbonyl (C=O) groups is 1. The zero-order valence-corrected chi connectivity index (χ0v) is 8.22. The molecule has 0 aliphatic carbocycles. The van der Waals surface area contributed by atoms with Gasteiger partial charge in [0.2, 0.25) is 10.4 Å². The molecule has 1 heterocycles. The van der Waals surface area contributed by atoms with E-state index in [4.69, 9.17) is 22.6 Å². The predicted molar refractivity (Wildman–Crippen MR) is 49.0 cm³/mol. The maximum Gasteiger partial charge on any atom is 1.00 e. The minimum atomic E-state index is -4.92. The molecule has 1 rings (SSSR count). The summed E-state index contributed by atoms with van der Waals surface area (Å²) in [4.78, 5) is 13.9. The van der Waals surface area contributed by atoms with Gasteiger partial charge in [-0.2, -0.15) is 0 Å². The van der Waals surface area contributed by atoms with E-state index in [1.54, 1.807) is 24.5 Å². The third-order valence-electron chi connectivity index (χ3n) is 1.08. The van der Waals surface area contributed by atoms with Crippen LogP contribution in [0.4, 0.5) is 0 Å². The van der Waals surface area contributed by atoms with Gasteiger partial charge in [0.05, 0.1) is 6.42 Å². The van der Waals surface area contributed by atoms with Gasteiger partial charge in [-0.3, -0.25) is 14.3 Å². The summed E-state index contributed by atoms with van der Waals surface area (Å²) in [6.07, 6.45) is 3.22. The lowest BCUT2D eigenvalue weighted by molar-refractivity contribution is -0.136. The van der Waals surface area contributed by atoms with Crippen LogP contribution in [0.25, 0.3) is 0 Å². The third kappa shape index (κ3) is 12.5. The van der Waals surface area contributed by atoms with Crippen molar-refractivity contribution in [3.05, 3.63) is 30.1 Å². The molecule has 0 spiro atoms. The standard InChI is InChI=1S/C7H7NO2.H2O4S/c9-7(10)4-6-2-1-3-8-5-6;1-5(2,3)4/h1-3,5H,4H2,(H,9,10);(H2,1,2,3,4). The average molecular weight is 235 g/mol. The van der Waals surface area contributed by atoms with Gasteiger partial charge in [-0.05, 0) is 11.6 Å². The number of carboxylic acids is 1. The molecule has 0 bridgehead atoms. The Morgan fingerprint density at radius 2 is 2.13 bits per heavy atom. The smallest absolute Gasteiger partial charge is 0.726 e. The Morgan fingerprint density at radius 3 is 2.47 bits per heavy atom. The highest BCUT2D eigenvalue weighted by Crippen LogP contribution is 1.95. The first-order valence-corrected chi connectivity index (χ1v) is 4.94. The summed E-state index contributed by atoms with van der Waals surface area (Å²) in [7, 11) is -4.92. The number of rotatable bonds is 2. The van der Waals surface area contributed by atoms with Gasteiger partial charge in [0.15, 0.2) is 0 Å². The summed E-state index contributed by atoms with van der Waals surface area (Å²) < 4.78 is 32.8. The lowest BCUT2D eigenvalue weighted by Gasteiger charge is -1.91. The molecule has 0 unspecified atom stereocenters. The SMILES string of the molecule is O=C(O)Cc1cccnc1.O=S(=O)([O-])O.[H+]. The molecule has 2 N–H and O–H groups in total. The first-order chi connectivity index (χ1) is 6.79. The minimum Gasteiger partial charge on any atom is -0.726 e. The van der Waals surface area contributed by atoms with Crippen LogP contribution in [0.1, 0.15) is 6.99 Å². The van der Waals surface area contributed by atoms with E-state index in [0.29, 0.717) is 0 Å². The van der Waals surface area contributed by atoms with Crippen LogP contribution in [0.2, 0.25) is 0 Å². The molecule has 0 saturated heterocycles. The first-order valence-electron chi connectivity index (χ1n) is 3.58. The lowest BCUT2D eigenvalue weighted by atomic mass is 10.2. The lowest BCUT2D eigenvalue weighted by Crippen LogP contribution is -1.99.